The lowest BCUT2D eigenvalue weighted by atomic mass is 9.97. The predicted octanol–water partition coefficient (Wildman–Crippen LogP) is 3.63. The number of methoxy groups -OCH3 is 1. The third-order valence-corrected chi connectivity index (χ3v) is 2.68. The van der Waals surface area contributed by atoms with Gasteiger partial charge in [-0.25, -0.2) is 4.79 Å². The van der Waals surface area contributed by atoms with Crippen molar-refractivity contribution < 1.29 is 9.53 Å². The van der Waals surface area contributed by atoms with Crippen LogP contribution in [0.1, 0.15) is 20.8 Å². The Kier molecular flexibility index (Phi) is 5.02. The first-order valence-corrected chi connectivity index (χ1v) is 6.49. The van der Waals surface area contributed by atoms with E-state index in [-0.39, 0.29) is 11.4 Å². The molecular weight excluding hydrogens is 296 g/mol. The molecule has 0 fully saturated rings. The van der Waals surface area contributed by atoms with Crippen molar-refractivity contribution >= 4 is 27.6 Å². The van der Waals surface area contributed by atoms with Gasteiger partial charge in [-0.1, -0.05) is 36.7 Å². The largest absolute Gasteiger partial charge is 0.495 e. The smallest absolute Gasteiger partial charge is 0.319 e. The van der Waals surface area contributed by atoms with Gasteiger partial charge in [0.2, 0.25) is 0 Å². The first-order valence-electron chi connectivity index (χ1n) is 5.70. The minimum atomic E-state index is -0.235. The number of amides is 2. The molecule has 1 aromatic carbocycles. The molecule has 0 aliphatic heterocycles. The van der Waals surface area contributed by atoms with E-state index in [0.717, 1.165) is 4.47 Å². The zero-order valence-electron chi connectivity index (χ0n) is 11.1. The van der Waals surface area contributed by atoms with Crippen LogP contribution in [-0.4, -0.2) is 19.7 Å². The Morgan fingerprint density at radius 2 is 2.06 bits per heavy atom. The number of halogens is 1. The van der Waals surface area contributed by atoms with E-state index in [9.17, 15) is 4.79 Å². The van der Waals surface area contributed by atoms with Crippen LogP contribution in [-0.2, 0) is 0 Å². The van der Waals surface area contributed by atoms with E-state index in [1.807, 2.05) is 6.07 Å². The average Bonchev–Trinajstić information content (AvgIpc) is 2.26. The first kappa shape index (κ1) is 14.8. The summed E-state index contributed by atoms with van der Waals surface area (Å²) in [5.41, 5.74) is 0.692. The van der Waals surface area contributed by atoms with Gasteiger partial charge >= 0.3 is 6.03 Å². The van der Waals surface area contributed by atoms with Gasteiger partial charge in [0.1, 0.15) is 5.75 Å². The fourth-order valence-corrected chi connectivity index (χ4v) is 1.65. The maximum atomic E-state index is 11.7. The summed E-state index contributed by atoms with van der Waals surface area (Å²) in [4.78, 5) is 11.7. The van der Waals surface area contributed by atoms with E-state index in [2.05, 4.69) is 47.3 Å². The normalized spacial score (nSPS) is 10.9. The molecule has 1 rings (SSSR count). The van der Waals surface area contributed by atoms with Gasteiger partial charge in [0, 0.05) is 11.0 Å². The maximum Gasteiger partial charge on any atom is 0.319 e. The molecule has 0 unspecified atom stereocenters. The third kappa shape index (κ3) is 4.96. The van der Waals surface area contributed by atoms with Crippen LogP contribution in [0.15, 0.2) is 22.7 Å². The van der Waals surface area contributed by atoms with Crippen LogP contribution in [0.3, 0.4) is 0 Å². The standard InChI is InChI=1S/C13H19BrN2O2/c1-13(2,3)8-15-12(17)16-10-7-9(14)5-6-11(10)18-4/h5-7H,8H2,1-4H3,(H2,15,16,17). The summed E-state index contributed by atoms with van der Waals surface area (Å²) in [6.45, 7) is 6.79. The van der Waals surface area contributed by atoms with Crippen molar-refractivity contribution in [2.45, 2.75) is 20.8 Å². The summed E-state index contributed by atoms with van der Waals surface area (Å²) in [6.07, 6.45) is 0. The van der Waals surface area contributed by atoms with Crippen molar-refractivity contribution in [3.63, 3.8) is 0 Å². The van der Waals surface area contributed by atoms with Gasteiger partial charge in [-0.2, -0.15) is 0 Å². The molecule has 0 aliphatic rings. The molecule has 1 aromatic rings. The number of carbonyl (C=O) groups excluding carboxylic acids is 1. The molecule has 0 heterocycles. The molecule has 0 aliphatic carbocycles. The van der Waals surface area contributed by atoms with E-state index in [1.54, 1.807) is 19.2 Å². The van der Waals surface area contributed by atoms with E-state index in [4.69, 9.17) is 4.74 Å². The molecule has 100 valence electrons. The summed E-state index contributed by atoms with van der Waals surface area (Å²) < 4.78 is 6.07. The molecule has 0 atom stereocenters. The van der Waals surface area contributed by atoms with Crippen LogP contribution in [0.5, 0.6) is 5.75 Å². The Hall–Kier alpha value is -1.23. The van der Waals surface area contributed by atoms with E-state index in [1.165, 1.54) is 0 Å². The van der Waals surface area contributed by atoms with Crippen molar-refractivity contribution in [3.8, 4) is 5.75 Å². The molecule has 0 aromatic heterocycles. The molecule has 0 spiro atoms. The summed E-state index contributed by atoms with van der Waals surface area (Å²) in [5, 5.41) is 5.59. The lowest BCUT2D eigenvalue weighted by molar-refractivity contribution is 0.246. The van der Waals surface area contributed by atoms with Gasteiger partial charge in [-0.3, -0.25) is 0 Å². The van der Waals surface area contributed by atoms with Crippen molar-refractivity contribution in [3.05, 3.63) is 22.7 Å². The highest BCUT2D eigenvalue weighted by atomic mass is 79.9. The summed E-state index contributed by atoms with van der Waals surface area (Å²) >= 11 is 3.36. The molecule has 2 N–H and O–H groups in total. The number of nitrogens with one attached hydrogen (secondary N) is 2. The predicted molar refractivity (Wildman–Crippen MR) is 77.2 cm³/mol. The highest BCUT2D eigenvalue weighted by Gasteiger charge is 2.13. The Labute approximate surface area is 116 Å². The fraction of sp³-hybridized carbons (Fsp3) is 0.462. The van der Waals surface area contributed by atoms with Gasteiger partial charge in [-0.05, 0) is 23.6 Å². The molecule has 0 saturated heterocycles. The number of urea groups is 1. The van der Waals surface area contributed by atoms with Crippen LogP contribution in [0.4, 0.5) is 10.5 Å². The zero-order chi connectivity index (χ0) is 13.8. The summed E-state index contributed by atoms with van der Waals surface area (Å²) in [7, 11) is 1.57. The minimum Gasteiger partial charge on any atom is -0.495 e. The maximum absolute atomic E-state index is 11.7. The van der Waals surface area contributed by atoms with Gasteiger partial charge in [0.15, 0.2) is 0 Å². The van der Waals surface area contributed by atoms with Crippen molar-refractivity contribution in [2.24, 2.45) is 5.41 Å². The molecule has 4 nitrogen and oxygen atoms in total. The molecule has 0 saturated carbocycles. The molecule has 0 radical (unpaired) electrons. The number of ether oxygens (including phenoxy) is 1. The van der Waals surface area contributed by atoms with Crippen LogP contribution in [0, 0.1) is 5.41 Å². The summed E-state index contributed by atoms with van der Waals surface area (Å²) in [5.74, 6) is 0.629. The second-order valence-corrected chi connectivity index (χ2v) is 6.13. The van der Waals surface area contributed by atoms with Crippen molar-refractivity contribution in [1.82, 2.24) is 5.32 Å². The van der Waals surface area contributed by atoms with Crippen LogP contribution >= 0.6 is 15.9 Å². The van der Waals surface area contributed by atoms with Gasteiger partial charge < -0.3 is 15.4 Å². The quantitative estimate of drug-likeness (QED) is 0.895. The number of hydrogen-bond donors (Lipinski definition) is 2. The molecule has 2 amide bonds. The van der Waals surface area contributed by atoms with E-state index >= 15 is 0 Å². The number of hydrogen-bond acceptors (Lipinski definition) is 2. The number of rotatable bonds is 3. The number of benzene rings is 1. The fourth-order valence-electron chi connectivity index (χ4n) is 1.29. The van der Waals surface area contributed by atoms with Gasteiger partial charge in [-0.15, -0.1) is 0 Å². The molecule has 18 heavy (non-hydrogen) atoms. The lowest BCUT2D eigenvalue weighted by Crippen LogP contribution is -2.35. The third-order valence-electron chi connectivity index (χ3n) is 2.19. The molecule has 0 bridgehead atoms. The average molecular weight is 315 g/mol. The highest BCUT2D eigenvalue weighted by Crippen LogP contribution is 2.27. The second-order valence-electron chi connectivity index (χ2n) is 5.21. The SMILES string of the molecule is COc1ccc(Br)cc1NC(=O)NCC(C)(C)C. The molecular formula is C13H19BrN2O2. The number of anilines is 1. The van der Waals surface area contributed by atoms with Crippen LogP contribution in [0.2, 0.25) is 0 Å². The Morgan fingerprint density at radius 3 is 2.61 bits per heavy atom. The second kappa shape index (κ2) is 6.09. The van der Waals surface area contributed by atoms with Gasteiger partial charge in [0.25, 0.3) is 0 Å². The van der Waals surface area contributed by atoms with Crippen LogP contribution in [0.25, 0.3) is 0 Å². The highest BCUT2D eigenvalue weighted by molar-refractivity contribution is 9.10. The van der Waals surface area contributed by atoms with E-state index in [0.29, 0.717) is 18.0 Å². The van der Waals surface area contributed by atoms with Crippen LogP contribution < -0.4 is 15.4 Å². The van der Waals surface area contributed by atoms with Gasteiger partial charge in [0.05, 0.1) is 12.8 Å². The Bertz CT molecular complexity index is 427. The molecule has 5 heteroatoms. The van der Waals surface area contributed by atoms with Crippen molar-refractivity contribution in [2.75, 3.05) is 19.0 Å². The van der Waals surface area contributed by atoms with Crippen molar-refractivity contribution in [1.29, 1.82) is 0 Å². The zero-order valence-corrected chi connectivity index (χ0v) is 12.7. The summed E-state index contributed by atoms with van der Waals surface area (Å²) in [6, 6.07) is 5.22. The number of carbonyl (C=O) groups is 1. The first-order chi connectivity index (χ1) is 8.31. The lowest BCUT2D eigenvalue weighted by Gasteiger charge is -2.19. The Balaban J connectivity index is 2.66. The topological polar surface area (TPSA) is 50.4 Å². The monoisotopic (exact) mass is 314 g/mol. The van der Waals surface area contributed by atoms with E-state index < -0.39 is 0 Å². The minimum absolute atomic E-state index is 0.0543. The Morgan fingerprint density at radius 1 is 1.39 bits per heavy atom.